The highest BCUT2D eigenvalue weighted by Gasteiger charge is 2.30. The minimum atomic E-state index is -0.956. The van der Waals surface area contributed by atoms with Crippen molar-refractivity contribution in [1.29, 1.82) is 0 Å². The molecule has 0 atom stereocenters. The van der Waals surface area contributed by atoms with Crippen molar-refractivity contribution in [3.05, 3.63) is 41.0 Å². The molecule has 3 rings (SSSR count). The molecule has 9 heteroatoms. The Morgan fingerprint density at radius 2 is 1.88 bits per heavy atom. The van der Waals surface area contributed by atoms with Crippen molar-refractivity contribution >= 4 is 51.8 Å². The largest absolute Gasteiger partial charge is 0.480 e. The van der Waals surface area contributed by atoms with Crippen LogP contribution in [0.3, 0.4) is 0 Å². The van der Waals surface area contributed by atoms with Crippen LogP contribution < -0.4 is 5.32 Å². The van der Waals surface area contributed by atoms with Gasteiger partial charge in [-0.15, -0.1) is 0 Å². The molecule has 0 bridgehead atoms. The van der Waals surface area contributed by atoms with Gasteiger partial charge in [-0.3, -0.25) is 10.1 Å². The summed E-state index contributed by atoms with van der Waals surface area (Å²) in [5.74, 6) is -0.171. The Balaban J connectivity index is 1.59. The number of aryl methyl sites for hydroxylation is 1. The number of halogens is 1. The normalized spacial score (nSPS) is 18.5. The Hall–Kier alpha value is -1.77. The number of aromatic nitrogens is 1. The molecule has 1 aliphatic rings. The number of benzene rings is 1. The number of urea groups is 1. The Morgan fingerprint density at radius 3 is 2.53 bits per heavy atom. The zero-order valence-electron chi connectivity index (χ0n) is 20.1. The van der Waals surface area contributed by atoms with Gasteiger partial charge in [0.2, 0.25) is 0 Å². The number of carbonyl (C=O) groups excluding carboxylic acids is 1. The maximum atomic E-state index is 13.3. The monoisotopic (exact) mass is 523 g/mol. The number of carboxylic acid groups (broad SMARTS) is 1. The zero-order chi connectivity index (χ0) is 24.7. The summed E-state index contributed by atoms with van der Waals surface area (Å²) in [6.07, 6.45) is 8.85. The molecular formula is C25H34ClN3O3S2. The van der Waals surface area contributed by atoms with Gasteiger partial charge < -0.3 is 10.0 Å². The number of carbonyl (C=O) groups is 2. The first-order valence-electron chi connectivity index (χ1n) is 11.8. The molecule has 6 nitrogen and oxygen atoms in total. The van der Waals surface area contributed by atoms with Gasteiger partial charge in [-0.2, -0.15) is 0 Å². The molecular weight excluding hydrogens is 490 g/mol. The maximum absolute atomic E-state index is 13.3. The Bertz CT molecular complexity index is 957. The number of nitrogens with zero attached hydrogens (tertiary/aromatic N) is 2. The van der Waals surface area contributed by atoms with Crippen molar-refractivity contribution in [2.75, 3.05) is 11.9 Å². The van der Waals surface area contributed by atoms with Gasteiger partial charge in [0, 0.05) is 17.6 Å². The van der Waals surface area contributed by atoms with E-state index in [2.05, 4.69) is 29.4 Å². The molecule has 2 aromatic rings. The first-order chi connectivity index (χ1) is 16.1. The topological polar surface area (TPSA) is 82.5 Å². The second kappa shape index (κ2) is 12.3. The molecule has 0 spiro atoms. The van der Waals surface area contributed by atoms with Crippen LogP contribution >= 0.6 is 34.7 Å². The number of thioether (sulfide) groups is 1. The van der Waals surface area contributed by atoms with Crippen molar-refractivity contribution in [2.24, 2.45) is 5.92 Å². The first kappa shape index (κ1) is 26.8. The summed E-state index contributed by atoms with van der Waals surface area (Å²) in [5.41, 5.74) is 1.25. The molecule has 0 unspecified atom stereocenters. The van der Waals surface area contributed by atoms with Crippen LogP contribution in [0.4, 0.5) is 9.93 Å². The highest BCUT2D eigenvalue weighted by Crippen LogP contribution is 2.37. The Labute approximate surface area is 215 Å². The van der Waals surface area contributed by atoms with Gasteiger partial charge >= 0.3 is 12.0 Å². The van der Waals surface area contributed by atoms with E-state index >= 15 is 0 Å². The maximum Gasteiger partial charge on any atom is 0.323 e. The van der Waals surface area contributed by atoms with E-state index in [9.17, 15) is 14.7 Å². The number of rotatable bonds is 10. The molecule has 1 aromatic carbocycles. The van der Waals surface area contributed by atoms with Crippen LogP contribution in [-0.2, 0) is 11.2 Å². The highest BCUT2D eigenvalue weighted by atomic mass is 35.5. The van der Waals surface area contributed by atoms with Crippen LogP contribution in [-0.4, -0.2) is 44.3 Å². The van der Waals surface area contributed by atoms with Gasteiger partial charge in [0.25, 0.3) is 0 Å². The number of thiazole rings is 1. The first-order valence-corrected chi connectivity index (χ1v) is 13.9. The van der Waals surface area contributed by atoms with Gasteiger partial charge in [0.05, 0.1) is 10.4 Å². The van der Waals surface area contributed by atoms with Gasteiger partial charge in [-0.25, -0.2) is 9.78 Å². The average molecular weight is 524 g/mol. The predicted octanol–water partition coefficient (Wildman–Crippen LogP) is 7.19. The van der Waals surface area contributed by atoms with Crippen molar-refractivity contribution in [3.63, 3.8) is 0 Å². The number of hydrogen-bond donors (Lipinski definition) is 2. The molecule has 1 aliphatic carbocycles. The van der Waals surface area contributed by atoms with Gasteiger partial charge in [-0.05, 0) is 82.4 Å². The molecule has 2 N–H and O–H groups in total. The van der Waals surface area contributed by atoms with E-state index in [1.54, 1.807) is 20.0 Å². The van der Waals surface area contributed by atoms with E-state index in [1.165, 1.54) is 28.7 Å². The fourth-order valence-corrected chi connectivity index (χ4v) is 6.48. The smallest absolute Gasteiger partial charge is 0.323 e. The third-order valence-corrected chi connectivity index (χ3v) is 8.73. The number of anilines is 1. The molecule has 34 heavy (non-hydrogen) atoms. The summed E-state index contributed by atoms with van der Waals surface area (Å²) in [4.78, 5) is 31.0. The Morgan fingerprint density at radius 1 is 1.21 bits per heavy atom. The lowest BCUT2D eigenvalue weighted by molar-refractivity contribution is -0.138. The molecule has 1 heterocycles. The van der Waals surface area contributed by atoms with E-state index in [0.29, 0.717) is 17.6 Å². The summed E-state index contributed by atoms with van der Waals surface area (Å²) >= 11 is 8.53. The van der Waals surface area contributed by atoms with E-state index in [-0.39, 0.29) is 12.1 Å². The number of carboxylic acids is 1. The minimum Gasteiger partial charge on any atom is -0.480 e. The third-order valence-electron chi connectivity index (χ3n) is 6.28. The van der Waals surface area contributed by atoms with E-state index in [0.717, 1.165) is 54.2 Å². The third kappa shape index (κ3) is 7.89. The predicted molar refractivity (Wildman–Crippen MR) is 141 cm³/mol. The molecule has 0 radical (unpaired) electrons. The second-order valence-electron chi connectivity index (χ2n) is 9.52. The number of amides is 2. The quantitative estimate of drug-likeness (QED) is 0.254. The minimum absolute atomic E-state index is 0.116. The highest BCUT2D eigenvalue weighted by molar-refractivity contribution is 8.03. The summed E-state index contributed by atoms with van der Waals surface area (Å²) in [7, 11) is 0. The molecule has 1 saturated carbocycles. The lowest BCUT2D eigenvalue weighted by Gasteiger charge is -2.36. The van der Waals surface area contributed by atoms with Gasteiger partial charge in [0.1, 0.15) is 4.75 Å². The Kier molecular flexibility index (Phi) is 9.68. The SMILES string of the molecule is CC1CCC(N(CCCCc2ccc(Cl)cc2)C(=O)Nc2ncc(SC(C)(C)C(=O)O)s2)CC1. The standard InChI is InChI=1S/C25H34ClN3O3S2/c1-17-7-13-20(14-8-17)29(15-5-4-6-18-9-11-19(26)12-10-18)24(32)28-23-27-16-21(33-23)34-25(2,3)22(30)31/h9-12,16-17,20H,4-8,13-15H2,1-3H3,(H,30,31)(H,27,28,32). The summed E-state index contributed by atoms with van der Waals surface area (Å²) in [5, 5.41) is 13.6. The summed E-state index contributed by atoms with van der Waals surface area (Å²) in [6, 6.07) is 8.06. The lowest BCUT2D eigenvalue weighted by atomic mass is 9.86. The van der Waals surface area contributed by atoms with Crippen LogP contribution in [0.1, 0.15) is 64.9 Å². The zero-order valence-corrected chi connectivity index (χ0v) is 22.4. The number of hydrogen-bond acceptors (Lipinski definition) is 5. The summed E-state index contributed by atoms with van der Waals surface area (Å²) < 4.78 is -0.188. The average Bonchev–Trinajstić information content (AvgIpc) is 3.21. The number of unbranched alkanes of at least 4 members (excludes halogenated alkanes) is 1. The summed E-state index contributed by atoms with van der Waals surface area (Å²) in [6.45, 7) is 6.30. The van der Waals surface area contributed by atoms with Crippen molar-refractivity contribution < 1.29 is 14.7 Å². The second-order valence-corrected chi connectivity index (χ2v) is 12.9. The van der Waals surface area contributed by atoms with E-state index < -0.39 is 10.7 Å². The molecule has 186 valence electrons. The van der Waals surface area contributed by atoms with Crippen LogP contribution in [0.5, 0.6) is 0 Å². The molecule has 2 amide bonds. The molecule has 1 fully saturated rings. The van der Waals surface area contributed by atoms with Crippen molar-refractivity contribution in [2.45, 2.75) is 80.7 Å². The molecule has 0 aliphatic heterocycles. The van der Waals surface area contributed by atoms with Crippen LogP contribution in [0, 0.1) is 5.92 Å². The fraction of sp³-hybridized carbons (Fsp3) is 0.560. The number of nitrogens with one attached hydrogen (secondary N) is 1. The van der Waals surface area contributed by atoms with Crippen LogP contribution in [0.15, 0.2) is 34.7 Å². The lowest BCUT2D eigenvalue weighted by Crippen LogP contribution is -2.45. The number of aliphatic carboxylic acids is 1. The van der Waals surface area contributed by atoms with Crippen LogP contribution in [0.25, 0.3) is 0 Å². The van der Waals surface area contributed by atoms with Crippen molar-refractivity contribution in [1.82, 2.24) is 9.88 Å². The van der Waals surface area contributed by atoms with Gasteiger partial charge in [0.15, 0.2) is 5.13 Å². The van der Waals surface area contributed by atoms with Crippen molar-refractivity contribution in [3.8, 4) is 0 Å². The molecule has 0 saturated heterocycles. The van der Waals surface area contributed by atoms with Gasteiger partial charge in [-0.1, -0.05) is 53.8 Å². The molecule has 1 aromatic heterocycles. The van der Waals surface area contributed by atoms with E-state index in [1.807, 2.05) is 17.0 Å². The van der Waals surface area contributed by atoms with E-state index in [4.69, 9.17) is 11.6 Å². The van der Waals surface area contributed by atoms with Crippen LogP contribution in [0.2, 0.25) is 5.02 Å². The fourth-order valence-electron chi connectivity index (χ4n) is 4.09.